The van der Waals surface area contributed by atoms with Gasteiger partial charge in [-0.05, 0) is 44.3 Å². The SMILES string of the molecule is CN1CCN(CCCNC(=O)/C=C/c2cc3ncnc(NC(=O)Nc4c(Cl)cccc4Cl)c3s2)CC1. The van der Waals surface area contributed by atoms with Gasteiger partial charge in [-0.15, -0.1) is 11.3 Å². The molecule has 3 N–H and O–H groups in total. The first kappa shape index (κ1) is 26.3. The molecule has 3 aromatic rings. The first-order valence-electron chi connectivity index (χ1n) is 11.5. The van der Waals surface area contributed by atoms with Crippen LogP contribution in [0, 0.1) is 0 Å². The number of aromatic nitrogens is 2. The molecule has 3 amide bonds. The smallest absolute Gasteiger partial charge is 0.324 e. The van der Waals surface area contributed by atoms with Crippen LogP contribution in [0.2, 0.25) is 10.0 Å². The van der Waals surface area contributed by atoms with Gasteiger partial charge in [-0.25, -0.2) is 14.8 Å². The Hall–Kier alpha value is -2.76. The highest BCUT2D eigenvalue weighted by molar-refractivity contribution is 7.20. The molecule has 1 saturated heterocycles. The van der Waals surface area contributed by atoms with E-state index in [-0.39, 0.29) is 5.91 Å². The van der Waals surface area contributed by atoms with Crippen molar-refractivity contribution >= 4 is 74.3 Å². The summed E-state index contributed by atoms with van der Waals surface area (Å²) in [5, 5.41) is 8.94. The molecule has 0 radical (unpaired) electrons. The maximum atomic E-state index is 12.5. The van der Waals surface area contributed by atoms with Crippen molar-refractivity contribution in [2.75, 3.05) is 56.9 Å². The van der Waals surface area contributed by atoms with Crippen LogP contribution in [0.25, 0.3) is 16.3 Å². The lowest BCUT2D eigenvalue weighted by atomic mass is 10.3. The molecule has 1 aliphatic heterocycles. The summed E-state index contributed by atoms with van der Waals surface area (Å²) in [5.74, 6) is 0.199. The van der Waals surface area contributed by atoms with Gasteiger partial charge >= 0.3 is 6.03 Å². The fraction of sp³-hybridized carbons (Fsp3) is 0.333. The summed E-state index contributed by atoms with van der Waals surface area (Å²) in [6.45, 7) is 5.94. The zero-order valence-corrected chi connectivity index (χ0v) is 22.1. The Morgan fingerprint density at radius 3 is 2.61 bits per heavy atom. The van der Waals surface area contributed by atoms with Crippen molar-refractivity contribution in [2.45, 2.75) is 6.42 Å². The fourth-order valence-corrected chi connectivity index (χ4v) is 5.17. The van der Waals surface area contributed by atoms with Gasteiger partial charge < -0.3 is 20.4 Å². The summed E-state index contributed by atoms with van der Waals surface area (Å²) in [4.78, 5) is 38.8. The maximum absolute atomic E-state index is 12.5. The Morgan fingerprint density at radius 2 is 1.86 bits per heavy atom. The van der Waals surface area contributed by atoms with E-state index in [1.54, 1.807) is 24.3 Å². The predicted molar refractivity (Wildman–Crippen MR) is 147 cm³/mol. The Labute approximate surface area is 223 Å². The molecule has 4 rings (SSSR count). The minimum atomic E-state index is -0.536. The van der Waals surface area contributed by atoms with Crippen LogP contribution < -0.4 is 16.0 Å². The molecular formula is C24H27Cl2N7O2S. The first-order chi connectivity index (χ1) is 17.4. The van der Waals surface area contributed by atoms with Gasteiger partial charge in [-0.1, -0.05) is 29.3 Å². The second-order valence-corrected chi connectivity index (χ2v) is 10.3. The minimum absolute atomic E-state index is 0.147. The standard InChI is InChI=1S/C24H27Cl2N7O2S/c1-32-10-12-33(13-11-32)9-3-8-27-20(34)7-6-16-14-19-22(36-16)23(29-15-28-19)31-24(35)30-21-17(25)4-2-5-18(21)26/h2,4-7,14-15H,3,8-13H2,1H3,(H,27,34)(H2,28,29,30,31,35)/b7-6+. The van der Waals surface area contributed by atoms with Crippen molar-refractivity contribution in [3.63, 3.8) is 0 Å². The van der Waals surface area contributed by atoms with Crippen LogP contribution in [0.15, 0.2) is 36.7 Å². The van der Waals surface area contributed by atoms with Gasteiger partial charge in [0.05, 0.1) is 25.9 Å². The average Bonchev–Trinajstić information content (AvgIpc) is 3.28. The highest BCUT2D eigenvalue weighted by atomic mass is 35.5. The quantitative estimate of drug-likeness (QED) is 0.285. The van der Waals surface area contributed by atoms with Crippen LogP contribution >= 0.6 is 34.5 Å². The minimum Gasteiger partial charge on any atom is -0.353 e. The number of para-hydroxylation sites is 1. The van der Waals surface area contributed by atoms with Crippen molar-refractivity contribution in [3.05, 3.63) is 51.6 Å². The number of amides is 3. The summed E-state index contributed by atoms with van der Waals surface area (Å²) in [6.07, 6.45) is 5.52. The zero-order chi connectivity index (χ0) is 25.5. The van der Waals surface area contributed by atoms with Gasteiger partial charge in [0.25, 0.3) is 0 Å². The van der Waals surface area contributed by atoms with E-state index in [0.717, 1.165) is 44.0 Å². The van der Waals surface area contributed by atoms with Gasteiger partial charge in [-0.3, -0.25) is 10.1 Å². The molecule has 3 heterocycles. The van der Waals surface area contributed by atoms with E-state index in [1.165, 1.54) is 23.7 Å². The van der Waals surface area contributed by atoms with Crippen molar-refractivity contribution in [1.82, 2.24) is 25.1 Å². The van der Waals surface area contributed by atoms with E-state index < -0.39 is 6.03 Å². The van der Waals surface area contributed by atoms with Crippen LogP contribution in [0.3, 0.4) is 0 Å². The Morgan fingerprint density at radius 1 is 1.11 bits per heavy atom. The number of urea groups is 1. The number of likely N-dealkylation sites (N-methyl/N-ethyl adjacent to an activating group) is 1. The molecule has 12 heteroatoms. The number of carbonyl (C=O) groups excluding carboxylic acids is 2. The molecular weight excluding hydrogens is 521 g/mol. The third-order valence-electron chi connectivity index (χ3n) is 5.71. The normalized spacial score (nSPS) is 14.9. The molecule has 0 aliphatic carbocycles. The topological polar surface area (TPSA) is 102 Å². The molecule has 0 saturated carbocycles. The van der Waals surface area contributed by atoms with Crippen molar-refractivity contribution in [2.24, 2.45) is 0 Å². The van der Waals surface area contributed by atoms with E-state index in [1.807, 2.05) is 6.07 Å². The number of hydrogen-bond donors (Lipinski definition) is 3. The lowest BCUT2D eigenvalue weighted by molar-refractivity contribution is -0.116. The summed E-state index contributed by atoms with van der Waals surface area (Å²) in [6, 6.07) is 6.26. The van der Waals surface area contributed by atoms with Crippen LogP contribution in [-0.4, -0.2) is 78.0 Å². The summed E-state index contributed by atoms with van der Waals surface area (Å²) in [7, 11) is 2.14. The Bertz CT molecular complexity index is 1240. The van der Waals surface area contributed by atoms with Crippen molar-refractivity contribution in [1.29, 1.82) is 0 Å². The molecule has 2 aromatic heterocycles. The predicted octanol–water partition coefficient (Wildman–Crippen LogP) is 4.41. The third kappa shape index (κ3) is 7.14. The van der Waals surface area contributed by atoms with Gasteiger partial charge in [0, 0.05) is 43.7 Å². The number of nitrogens with zero attached hydrogens (tertiary/aromatic N) is 4. The molecule has 36 heavy (non-hydrogen) atoms. The third-order valence-corrected chi connectivity index (χ3v) is 7.43. The lowest BCUT2D eigenvalue weighted by Gasteiger charge is -2.32. The van der Waals surface area contributed by atoms with E-state index >= 15 is 0 Å². The monoisotopic (exact) mass is 547 g/mol. The molecule has 9 nitrogen and oxygen atoms in total. The number of hydrogen-bond acceptors (Lipinski definition) is 7. The number of nitrogens with one attached hydrogen (secondary N) is 3. The van der Waals surface area contributed by atoms with Gasteiger partial charge in [0.2, 0.25) is 5.91 Å². The Kier molecular flexibility index (Phi) is 9.11. The van der Waals surface area contributed by atoms with Crippen LogP contribution in [0.1, 0.15) is 11.3 Å². The van der Waals surface area contributed by atoms with E-state index in [0.29, 0.717) is 38.3 Å². The number of halogens is 2. The molecule has 1 aromatic carbocycles. The maximum Gasteiger partial charge on any atom is 0.324 e. The number of thiophene rings is 1. The van der Waals surface area contributed by atoms with Gasteiger partial charge in [-0.2, -0.15) is 0 Å². The number of anilines is 2. The lowest BCUT2D eigenvalue weighted by Crippen LogP contribution is -2.45. The van der Waals surface area contributed by atoms with Gasteiger partial charge in [0.15, 0.2) is 5.82 Å². The highest BCUT2D eigenvalue weighted by Gasteiger charge is 2.14. The molecule has 190 valence electrons. The van der Waals surface area contributed by atoms with E-state index in [2.05, 4.69) is 42.8 Å². The number of carbonyl (C=O) groups is 2. The highest BCUT2D eigenvalue weighted by Crippen LogP contribution is 2.32. The zero-order valence-electron chi connectivity index (χ0n) is 19.8. The molecule has 1 fully saturated rings. The van der Waals surface area contributed by atoms with E-state index in [9.17, 15) is 9.59 Å². The molecule has 0 atom stereocenters. The van der Waals surface area contributed by atoms with Crippen LogP contribution in [0.4, 0.5) is 16.3 Å². The van der Waals surface area contributed by atoms with Crippen LogP contribution in [0.5, 0.6) is 0 Å². The van der Waals surface area contributed by atoms with Crippen molar-refractivity contribution in [3.8, 4) is 0 Å². The fourth-order valence-electron chi connectivity index (χ4n) is 3.72. The summed E-state index contributed by atoms with van der Waals surface area (Å²) in [5.41, 5.74) is 0.973. The molecule has 1 aliphatic rings. The average molecular weight is 548 g/mol. The number of fused-ring (bicyclic) bond motifs is 1. The van der Waals surface area contributed by atoms with Crippen molar-refractivity contribution < 1.29 is 9.59 Å². The largest absolute Gasteiger partial charge is 0.353 e. The summed E-state index contributed by atoms with van der Waals surface area (Å²) >= 11 is 13.6. The molecule has 0 bridgehead atoms. The second kappa shape index (κ2) is 12.5. The number of piperazine rings is 1. The number of rotatable bonds is 8. The van der Waals surface area contributed by atoms with E-state index in [4.69, 9.17) is 23.2 Å². The second-order valence-electron chi connectivity index (χ2n) is 8.38. The first-order valence-corrected chi connectivity index (χ1v) is 13.1. The number of benzene rings is 1. The molecule has 0 unspecified atom stereocenters. The van der Waals surface area contributed by atoms with Gasteiger partial charge in [0.1, 0.15) is 6.33 Å². The molecule has 0 spiro atoms. The van der Waals surface area contributed by atoms with Crippen LogP contribution in [-0.2, 0) is 4.79 Å². The Balaban J connectivity index is 1.30. The summed E-state index contributed by atoms with van der Waals surface area (Å²) < 4.78 is 0.685.